The molecule has 142 valence electrons. The van der Waals surface area contributed by atoms with Gasteiger partial charge >= 0.3 is 6.18 Å². The molecule has 1 fully saturated rings. The Labute approximate surface area is 153 Å². The molecule has 1 atom stereocenters. The van der Waals surface area contributed by atoms with Gasteiger partial charge in [-0.2, -0.15) is 23.4 Å². The molecule has 0 aliphatic carbocycles. The normalized spacial score (nSPS) is 18.8. The molecule has 0 spiro atoms. The lowest BCUT2D eigenvalue weighted by Crippen LogP contribution is -2.36. The fraction of sp³-hybridized carbons (Fsp3) is 0.562. The highest BCUT2D eigenvalue weighted by molar-refractivity contribution is 6.33. The molecule has 0 saturated carbocycles. The van der Waals surface area contributed by atoms with E-state index in [9.17, 15) is 18.0 Å². The van der Waals surface area contributed by atoms with E-state index >= 15 is 0 Å². The molecule has 1 aliphatic rings. The van der Waals surface area contributed by atoms with Crippen molar-refractivity contribution in [1.82, 2.24) is 24.5 Å². The summed E-state index contributed by atoms with van der Waals surface area (Å²) in [5.74, 6) is -0.378. The first-order valence-corrected chi connectivity index (χ1v) is 8.67. The van der Waals surface area contributed by atoms with Crippen LogP contribution >= 0.6 is 11.6 Å². The van der Waals surface area contributed by atoms with E-state index in [1.165, 1.54) is 22.6 Å². The van der Waals surface area contributed by atoms with E-state index in [1.807, 2.05) is 0 Å². The van der Waals surface area contributed by atoms with Crippen molar-refractivity contribution < 1.29 is 18.0 Å². The number of aryl methyl sites for hydroxylation is 2. The molecule has 1 saturated heterocycles. The highest BCUT2D eigenvalue weighted by Gasteiger charge is 2.38. The Hall–Kier alpha value is -2.03. The summed E-state index contributed by atoms with van der Waals surface area (Å²) in [6, 6.07) is 0.521. The zero-order valence-electron chi connectivity index (χ0n) is 14.4. The first-order chi connectivity index (χ1) is 12.2. The SMILES string of the molecule is Cn1cc(Cl)c(C(=O)N2CCCCC[C@H]2c2cc(C(F)(F)F)nn2C)n1. The van der Waals surface area contributed by atoms with E-state index < -0.39 is 17.9 Å². The van der Waals surface area contributed by atoms with Gasteiger partial charge in [-0.05, 0) is 18.9 Å². The maximum Gasteiger partial charge on any atom is 0.435 e. The molecule has 1 amide bonds. The maximum absolute atomic E-state index is 13.0. The average Bonchev–Trinajstić information content (AvgIpc) is 2.99. The minimum Gasteiger partial charge on any atom is -0.329 e. The van der Waals surface area contributed by atoms with Crippen molar-refractivity contribution in [3.05, 3.63) is 34.4 Å². The second-order valence-electron chi connectivity index (χ2n) is 6.44. The van der Waals surface area contributed by atoms with Crippen LogP contribution in [0.15, 0.2) is 12.3 Å². The van der Waals surface area contributed by atoms with Crippen molar-refractivity contribution in [2.24, 2.45) is 14.1 Å². The molecule has 0 bridgehead atoms. The van der Waals surface area contributed by atoms with Crippen LogP contribution in [0.25, 0.3) is 0 Å². The van der Waals surface area contributed by atoms with Crippen molar-refractivity contribution in [2.75, 3.05) is 6.54 Å². The summed E-state index contributed by atoms with van der Waals surface area (Å²) in [6.45, 7) is 0.433. The Balaban J connectivity index is 1.99. The molecule has 0 radical (unpaired) electrons. The number of alkyl halides is 3. The van der Waals surface area contributed by atoms with E-state index in [-0.39, 0.29) is 16.6 Å². The van der Waals surface area contributed by atoms with Crippen LogP contribution in [-0.2, 0) is 20.3 Å². The summed E-state index contributed by atoms with van der Waals surface area (Å²) in [4.78, 5) is 14.6. The quantitative estimate of drug-likeness (QED) is 0.788. The van der Waals surface area contributed by atoms with Crippen LogP contribution in [0.1, 0.15) is 53.6 Å². The lowest BCUT2D eigenvalue weighted by atomic mass is 10.1. The second kappa shape index (κ2) is 6.94. The highest BCUT2D eigenvalue weighted by Crippen LogP contribution is 2.35. The number of carbonyl (C=O) groups excluding carboxylic acids is 1. The third-order valence-electron chi connectivity index (χ3n) is 4.55. The molecular weight excluding hydrogens is 371 g/mol. The number of halogens is 4. The molecule has 0 aromatic carbocycles. The molecule has 0 N–H and O–H groups in total. The fourth-order valence-corrected chi connectivity index (χ4v) is 3.59. The molecule has 3 heterocycles. The summed E-state index contributed by atoms with van der Waals surface area (Å²) in [5.41, 5.74) is -0.485. The van der Waals surface area contributed by atoms with Gasteiger partial charge in [0.1, 0.15) is 0 Å². The van der Waals surface area contributed by atoms with E-state index in [1.54, 1.807) is 11.9 Å². The molecule has 0 unspecified atom stereocenters. The predicted octanol–water partition coefficient (Wildman–Crippen LogP) is 3.58. The van der Waals surface area contributed by atoms with Crippen LogP contribution in [0, 0.1) is 0 Å². The Morgan fingerprint density at radius 2 is 1.96 bits per heavy atom. The van der Waals surface area contributed by atoms with Crippen molar-refractivity contribution in [3.63, 3.8) is 0 Å². The number of hydrogen-bond donors (Lipinski definition) is 0. The van der Waals surface area contributed by atoms with Gasteiger partial charge in [-0.3, -0.25) is 14.2 Å². The highest BCUT2D eigenvalue weighted by atomic mass is 35.5. The first-order valence-electron chi connectivity index (χ1n) is 8.29. The topological polar surface area (TPSA) is 56.0 Å². The van der Waals surface area contributed by atoms with Gasteiger partial charge in [0.05, 0.1) is 16.8 Å². The number of hydrogen-bond acceptors (Lipinski definition) is 3. The van der Waals surface area contributed by atoms with Crippen LogP contribution in [0.5, 0.6) is 0 Å². The molecule has 1 aliphatic heterocycles. The van der Waals surface area contributed by atoms with Crippen LogP contribution in [0.2, 0.25) is 5.02 Å². The largest absolute Gasteiger partial charge is 0.435 e. The molecule has 10 heteroatoms. The number of rotatable bonds is 2. The number of carbonyl (C=O) groups is 1. The van der Waals surface area contributed by atoms with E-state index in [0.29, 0.717) is 18.7 Å². The third kappa shape index (κ3) is 3.58. The fourth-order valence-electron chi connectivity index (χ4n) is 3.33. The van der Waals surface area contributed by atoms with E-state index in [0.717, 1.165) is 25.3 Å². The van der Waals surface area contributed by atoms with Crippen LogP contribution in [0.3, 0.4) is 0 Å². The Morgan fingerprint density at radius 1 is 1.23 bits per heavy atom. The molecule has 26 heavy (non-hydrogen) atoms. The van der Waals surface area contributed by atoms with Gasteiger partial charge in [-0.25, -0.2) is 0 Å². The van der Waals surface area contributed by atoms with E-state index in [4.69, 9.17) is 11.6 Å². The van der Waals surface area contributed by atoms with Crippen molar-refractivity contribution in [3.8, 4) is 0 Å². The molecule has 3 rings (SSSR count). The maximum atomic E-state index is 13.0. The lowest BCUT2D eigenvalue weighted by molar-refractivity contribution is -0.141. The zero-order chi connectivity index (χ0) is 19.1. The summed E-state index contributed by atoms with van der Waals surface area (Å²) < 4.78 is 41.7. The monoisotopic (exact) mass is 389 g/mol. The minimum absolute atomic E-state index is 0.110. The molecule has 6 nitrogen and oxygen atoms in total. The standard InChI is InChI=1S/C16H19ClF3N5O/c1-23-9-10(17)14(22-23)15(26)25-7-5-3-4-6-11(25)12-8-13(16(18,19)20)21-24(12)2/h8-9,11H,3-7H2,1-2H3/t11-/m0/s1. The second-order valence-corrected chi connectivity index (χ2v) is 6.85. The summed E-state index contributed by atoms with van der Waals surface area (Å²) in [7, 11) is 3.12. The van der Waals surface area contributed by atoms with Gasteiger partial charge in [0, 0.05) is 26.8 Å². The number of likely N-dealkylation sites (tertiary alicyclic amines) is 1. The molecule has 2 aromatic rings. The number of amides is 1. The number of nitrogens with zero attached hydrogens (tertiary/aromatic N) is 5. The lowest BCUT2D eigenvalue weighted by Gasteiger charge is -2.29. The van der Waals surface area contributed by atoms with Gasteiger partial charge < -0.3 is 4.90 Å². The van der Waals surface area contributed by atoms with Crippen LogP contribution < -0.4 is 0 Å². The van der Waals surface area contributed by atoms with Gasteiger partial charge in [-0.15, -0.1) is 0 Å². The van der Waals surface area contributed by atoms with Crippen molar-refractivity contribution in [2.45, 2.75) is 37.9 Å². The first kappa shape index (κ1) is 18.8. The zero-order valence-corrected chi connectivity index (χ0v) is 15.2. The van der Waals surface area contributed by atoms with Crippen LogP contribution in [0.4, 0.5) is 13.2 Å². The van der Waals surface area contributed by atoms with Gasteiger partial charge in [0.15, 0.2) is 11.4 Å². The van der Waals surface area contributed by atoms with Gasteiger partial charge in [0.25, 0.3) is 5.91 Å². The third-order valence-corrected chi connectivity index (χ3v) is 4.82. The average molecular weight is 390 g/mol. The smallest absolute Gasteiger partial charge is 0.329 e. The van der Waals surface area contributed by atoms with Crippen LogP contribution in [-0.4, -0.2) is 36.9 Å². The van der Waals surface area contributed by atoms with Crippen molar-refractivity contribution >= 4 is 17.5 Å². The Morgan fingerprint density at radius 3 is 2.54 bits per heavy atom. The summed E-state index contributed by atoms with van der Waals surface area (Å²) >= 11 is 6.09. The minimum atomic E-state index is -4.53. The van der Waals surface area contributed by atoms with Crippen molar-refractivity contribution in [1.29, 1.82) is 0 Å². The predicted molar refractivity (Wildman–Crippen MR) is 88.7 cm³/mol. The van der Waals surface area contributed by atoms with Gasteiger partial charge in [-0.1, -0.05) is 24.4 Å². The molecular formula is C16H19ClF3N5O. The summed E-state index contributed by atoms with van der Waals surface area (Å²) in [6.07, 6.45) is 0.0498. The number of aromatic nitrogens is 4. The van der Waals surface area contributed by atoms with Gasteiger partial charge in [0.2, 0.25) is 0 Å². The Bertz CT molecular complexity index is 813. The Kier molecular flexibility index (Phi) is 5.01. The summed E-state index contributed by atoms with van der Waals surface area (Å²) in [5, 5.41) is 7.91. The molecule has 2 aromatic heterocycles. The van der Waals surface area contributed by atoms with E-state index in [2.05, 4.69) is 10.2 Å².